The number of amides is 1. The Labute approximate surface area is 249 Å². The van der Waals surface area contributed by atoms with Gasteiger partial charge in [-0.25, -0.2) is 4.39 Å². The van der Waals surface area contributed by atoms with E-state index < -0.39 is 5.82 Å². The van der Waals surface area contributed by atoms with Crippen molar-refractivity contribution < 1.29 is 18.7 Å². The van der Waals surface area contributed by atoms with Gasteiger partial charge in [-0.2, -0.15) is 9.97 Å². The molecule has 5 aliphatic rings. The summed E-state index contributed by atoms with van der Waals surface area (Å²) in [5, 5.41) is 1.14. The molecular formula is C31H34ClFN6O3. The Hall–Kier alpha value is -3.34. The number of nitrogens with zero attached hydrogens (tertiary/aromatic N) is 6. The number of piperazine rings is 1. The summed E-state index contributed by atoms with van der Waals surface area (Å²) in [7, 11) is 1.47. The van der Waals surface area contributed by atoms with Crippen molar-refractivity contribution in [3.8, 4) is 17.3 Å². The zero-order valence-corrected chi connectivity index (χ0v) is 24.4. The van der Waals surface area contributed by atoms with Crippen LogP contribution in [-0.4, -0.2) is 95.8 Å². The number of halogens is 2. The summed E-state index contributed by atoms with van der Waals surface area (Å²) in [5.41, 5.74) is 2.02. The number of benzene rings is 1. The van der Waals surface area contributed by atoms with Gasteiger partial charge >= 0.3 is 6.01 Å². The number of pyridine rings is 1. The van der Waals surface area contributed by atoms with Crippen molar-refractivity contribution in [2.45, 2.75) is 43.7 Å². The minimum Gasteiger partial charge on any atom is -0.467 e. The lowest BCUT2D eigenvalue weighted by atomic mass is 9.97. The van der Waals surface area contributed by atoms with E-state index in [4.69, 9.17) is 21.1 Å². The number of carbonyl (C=O) groups is 1. The molecular weight excluding hydrogens is 559 g/mol. The Morgan fingerprint density at radius 2 is 2.00 bits per heavy atom. The number of anilines is 1. The zero-order valence-electron chi connectivity index (χ0n) is 23.6. The van der Waals surface area contributed by atoms with Crippen molar-refractivity contribution in [3.63, 3.8) is 0 Å². The first-order chi connectivity index (χ1) is 20.5. The van der Waals surface area contributed by atoms with Crippen LogP contribution < -0.4 is 9.64 Å². The molecule has 2 unspecified atom stereocenters. The average Bonchev–Trinajstić information content (AvgIpc) is 3.87. The molecule has 3 aromatic rings. The van der Waals surface area contributed by atoms with Crippen molar-refractivity contribution in [1.82, 2.24) is 24.8 Å². The van der Waals surface area contributed by atoms with E-state index >= 15 is 4.39 Å². The van der Waals surface area contributed by atoms with Crippen LogP contribution in [0.4, 0.5) is 10.2 Å². The highest BCUT2D eigenvalue weighted by atomic mass is 35.5. The number of piperidine rings is 1. The lowest BCUT2D eigenvalue weighted by Crippen LogP contribution is -2.54. The molecule has 5 fully saturated rings. The summed E-state index contributed by atoms with van der Waals surface area (Å²) in [4.78, 5) is 32.8. The molecule has 8 rings (SSSR count). The molecule has 1 saturated carbocycles. The quantitative estimate of drug-likeness (QED) is 0.373. The Morgan fingerprint density at radius 3 is 2.69 bits per heavy atom. The number of hydrogen-bond donors (Lipinski definition) is 0. The third-order valence-electron chi connectivity index (χ3n) is 8.91. The van der Waals surface area contributed by atoms with E-state index in [2.05, 4.69) is 19.9 Å². The molecule has 2 aromatic heterocycles. The van der Waals surface area contributed by atoms with Gasteiger partial charge in [0.25, 0.3) is 0 Å². The van der Waals surface area contributed by atoms with Gasteiger partial charge < -0.3 is 19.3 Å². The van der Waals surface area contributed by atoms with Crippen LogP contribution in [0.3, 0.4) is 0 Å². The first-order valence-corrected chi connectivity index (χ1v) is 15.1. The van der Waals surface area contributed by atoms with Gasteiger partial charge in [-0.3, -0.25) is 14.7 Å². The van der Waals surface area contributed by atoms with Crippen LogP contribution in [0.1, 0.15) is 37.2 Å². The Bertz CT molecular complexity index is 1530. The second-order valence-corrected chi connectivity index (χ2v) is 12.0. The number of morpholine rings is 1. The third kappa shape index (κ3) is 5.20. The minimum atomic E-state index is -0.522. The van der Waals surface area contributed by atoms with Gasteiger partial charge in [0, 0.05) is 68.2 Å². The first-order valence-electron chi connectivity index (χ1n) is 14.7. The van der Waals surface area contributed by atoms with E-state index in [0.717, 1.165) is 44.5 Å². The van der Waals surface area contributed by atoms with E-state index in [9.17, 15) is 4.79 Å². The van der Waals surface area contributed by atoms with Crippen molar-refractivity contribution in [2.24, 2.45) is 0 Å². The summed E-state index contributed by atoms with van der Waals surface area (Å²) in [6.45, 7) is 4.65. The van der Waals surface area contributed by atoms with Crippen LogP contribution in [0.2, 0.25) is 5.02 Å². The molecule has 2 bridgehead atoms. The molecule has 4 aliphatic heterocycles. The standard InChI is InChI=1S/C31H34ClFN6O3/c1-41-31-35-29-23(16-34-28(27(29)33)22-4-2-5-24(32)26(22)19-7-8-19)30(36-31)38-14-12-37(13-15-38)25(40)6-3-11-39-17-21-10-9-20(39)18-42-21/h2-6,16,19-21H,7-15,17-18H2,1H3/b6-3+. The third-order valence-corrected chi connectivity index (χ3v) is 9.24. The van der Waals surface area contributed by atoms with Crippen molar-refractivity contribution >= 4 is 34.2 Å². The van der Waals surface area contributed by atoms with Crippen LogP contribution in [0.25, 0.3) is 22.2 Å². The summed E-state index contributed by atoms with van der Waals surface area (Å²) < 4.78 is 27.3. The summed E-state index contributed by atoms with van der Waals surface area (Å²) in [6, 6.07) is 6.07. The van der Waals surface area contributed by atoms with Gasteiger partial charge in [0.2, 0.25) is 5.91 Å². The zero-order chi connectivity index (χ0) is 28.8. The fourth-order valence-corrected chi connectivity index (χ4v) is 6.79. The van der Waals surface area contributed by atoms with Crippen LogP contribution in [-0.2, 0) is 9.53 Å². The highest BCUT2D eigenvalue weighted by Crippen LogP contribution is 2.48. The van der Waals surface area contributed by atoms with Gasteiger partial charge in [-0.15, -0.1) is 0 Å². The molecule has 0 radical (unpaired) electrons. The van der Waals surface area contributed by atoms with Gasteiger partial charge in [-0.1, -0.05) is 29.8 Å². The monoisotopic (exact) mass is 592 g/mol. The summed E-state index contributed by atoms with van der Waals surface area (Å²) in [5.74, 6) is 0.354. The predicted octanol–water partition coefficient (Wildman–Crippen LogP) is 4.44. The highest BCUT2D eigenvalue weighted by molar-refractivity contribution is 6.32. The van der Waals surface area contributed by atoms with Crippen LogP contribution in [0.15, 0.2) is 36.5 Å². The predicted molar refractivity (Wildman–Crippen MR) is 159 cm³/mol. The lowest BCUT2D eigenvalue weighted by Gasteiger charge is -2.44. The van der Waals surface area contributed by atoms with Gasteiger partial charge in [0.15, 0.2) is 5.82 Å². The summed E-state index contributed by atoms with van der Waals surface area (Å²) >= 11 is 6.53. The number of rotatable bonds is 7. The molecule has 9 nitrogen and oxygen atoms in total. The van der Waals surface area contributed by atoms with Crippen molar-refractivity contribution in [2.75, 3.05) is 57.9 Å². The smallest absolute Gasteiger partial charge is 0.318 e. The highest BCUT2D eigenvalue weighted by Gasteiger charge is 2.34. The Morgan fingerprint density at radius 1 is 1.17 bits per heavy atom. The molecule has 0 spiro atoms. The number of methoxy groups -OCH3 is 1. The van der Waals surface area contributed by atoms with E-state index in [1.165, 1.54) is 13.5 Å². The second-order valence-electron chi connectivity index (χ2n) is 11.5. The molecule has 6 heterocycles. The number of aromatic nitrogens is 3. The van der Waals surface area contributed by atoms with E-state index in [-0.39, 0.29) is 23.1 Å². The SMILES string of the molecule is COc1nc(N2CCN(C(=O)/C=C/CN3CC4CCC3CO4)CC2)c2cnc(-c3cccc(Cl)c3C3CC3)c(F)c2n1. The topological polar surface area (TPSA) is 83.9 Å². The lowest BCUT2D eigenvalue weighted by molar-refractivity contribution is -0.126. The second kappa shape index (κ2) is 11.4. The molecule has 1 aromatic carbocycles. The van der Waals surface area contributed by atoms with Crippen LogP contribution in [0.5, 0.6) is 6.01 Å². The molecule has 4 saturated heterocycles. The maximum absolute atomic E-state index is 16.1. The molecule has 1 amide bonds. The van der Waals surface area contributed by atoms with E-state index in [1.54, 1.807) is 12.3 Å². The molecule has 2 atom stereocenters. The maximum Gasteiger partial charge on any atom is 0.318 e. The Kier molecular flexibility index (Phi) is 7.46. The minimum absolute atomic E-state index is 0.00327. The van der Waals surface area contributed by atoms with Crippen molar-refractivity contribution in [3.05, 3.63) is 53.0 Å². The molecule has 0 N–H and O–H groups in total. The van der Waals surface area contributed by atoms with Gasteiger partial charge in [0.1, 0.15) is 17.0 Å². The fraction of sp³-hybridized carbons (Fsp3) is 0.484. The van der Waals surface area contributed by atoms with Gasteiger partial charge in [0.05, 0.1) is 25.2 Å². The maximum atomic E-state index is 16.1. The van der Waals surface area contributed by atoms with Crippen molar-refractivity contribution in [1.29, 1.82) is 0 Å². The van der Waals surface area contributed by atoms with Crippen LogP contribution in [0, 0.1) is 5.82 Å². The van der Waals surface area contributed by atoms with Crippen LogP contribution >= 0.6 is 11.6 Å². The number of hydrogen-bond acceptors (Lipinski definition) is 8. The van der Waals surface area contributed by atoms with Gasteiger partial charge in [-0.05, 0) is 43.2 Å². The largest absolute Gasteiger partial charge is 0.467 e. The molecule has 42 heavy (non-hydrogen) atoms. The molecule has 1 aliphatic carbocycles. The number of fused-ring (bicyclic) bond motifs is 4. The average molecular weight is 593 g/mol. The van der Waals surface area contributed by atoms with E-state index in [1.807, 2.05) is 34.1 Å². The Balaban J connectivity index is 1.08. The molecule has 220 valence electrons. The molecule has 11 heteroatoms. The summed E-state index contributed by atoms with van der Waals surface area (Å²) in [6.07, 6.45) is 9.99. The first kappa shape index (κ1) is 27.5. The number of carbonyl (C=O) groups excluding carboxylic acids is 1. The number of ether oxygens (including phenoxy) is 2. The normalized spacial score (nSPS) is 22.8. The van der Waals surface area contributed by atoms with E-state index in [0.29, 0.717) is 66.0 Å². The fourth-order valence-electron chi connectivity index (χ4n) is 6.46.